The quantitative estimate of drug-likeness (QED) is 0.646. The fraction of sp³-hybridized carbons (Fsp3) is 0.429. The predicted octanol–water partition coefficient (Wildman–Crippen LogP) is 0.495. The van der Waals surface area contributed by atoms with Gasteiger partial charge >= 0.3 is 0 Å². The molecular formula is C14H21N3O3. The number of methoxy groups -OCH3 is 1. The van der Waals surface area contributed by atoms with Crippen molar-refractivity contribution >= 4 is 17.5 Å². The average molecular weight is 279 g/mol. The van der Waals surface area contributed by atoms with E-state index in [1.165, 1.54) is 7.11 Å². The third kappa shape index (κ3) is 6.31. The van der Waals surface area contributed by atoms with Crippen LogP contribution in [0.15, 0.2) is 30.3 Å². The lowest BCUT2D eigenvalue weighted by Gasteiger charge is -2.12. The number of rotatable bonds is 8. The molecule has 1 aromatic carbocycles. The first kappa shape index (κ1) is 16.1. The highest BCUT2D eigenvalue weighted by atomic mass is 16.5. The molecule has 1 unspecified atom stereocenters. The number of nitrogens with one attached hydrogen (secondary N) is 2. The molecule has 1 atom stereocenters. The number of hydrogen-bond donors (Lipinski definition) is 3. The largest absolute Gasteiger partial charge is 0.380 e. The molecule has 0 bridgehead atoms. The molecule has 6 heteroatoms. The van der Waals surface area contributed by atoms with Gasteiger partial charge in [-0.25, -0.2) is 0 Å². The van der Waals surface area contributed by atoms with Crippen molar-refractivity contribution in [2.24, 2.45) is 5.73 Å². The fourth-order valence-corrected chi connectivity index (χ4v) is 1.60. The number of para-hydroxylation sites is 1. The molecule has 1 rings (SSSR count). The van der Waals surface area contributed by atoms with Gasteiger partial charge in [-0.3, -0.25) is 9.59 Å². The summed E-state index contributed by atoms with van der Waals surface area (Å²) in [4.78, 5) is 23.2. The second-order valence-corrected chi connectivity index (χ2v) is 4.31. The molecule has 0 aliphatic rings. The molecule has 0 saturated carbocycles. The molecule has 0 heterocycles. The van der Waals surface area contributed by atoms with Crippen LogP contribution in [-0.2, 0) is 14.3 Å². The summed E-state index contributed by atoms with van der Waals surface area (Å²) in [6.45, 7) is 0.580. The first-order valence-corrected chi connectivity index (χ1v) is 6.50. The summed E-state index contributed by atoms with van der Waals surface area (Å²) in [5, 5.41) is 5.41. The smallest absolute Gasteiger partial charge is 0.226 e. The Balaban J connectivity index is 2.20. The first-order chi connectivity index (χ1) is 9.65. The Morgan fingerprint density at radius 2 is 1.95 bits per heavy atom. The first-order valence-electron chi connectivity index (χ1n) is 6.50. The van der Waals surface area contributed by atoms with Crippen molar-refractivity contribution in [3.63, 3.8) is 0 Å². The lowest BCUT2D eigenvalue weighted by molar-refractivity contribution is -0.123. The SMILES string of the molecule is COC(CN)CC(=O)NCCC(=O)Nc1ccccc1. The van der Waals surface area contributed by atoms with Gasteiger partial charge in [0.05, 0.1) is 12.5 Å². The van der Waals surface area contributed by atoms with Gasteiger partial charge in [-0.2, -0.15) is 0 Å². The van der Waals surface area contributed by atoms with Gasteiger partial charge in [-0.1, -0.05) is 18.2 Å². The van der Waals surface area contributed by atoms with Crippen LogP contribution in [0.25, 0.3) is 0 Å². The maximum Gasteiger partial charge on any atom is 0.226 e. The third-order valence-electron chi connectivity index (χ3n) is 2.74. The highest BCUT2D eigenvalue weighted by Gasteiger charge is 2.11. The number of anilines is 1. The van der Waals surface area contributed by atoms with Gasteiger partial charge in [-0.15, -0.1) is 0 Å². The van der Waals surface area contributed by atoms with Gasteiger partial charge < -0.3 is 21.1 Å². The number of nitrogens with two attached hydrogens (primary N) is 1. The number of amides is 2. The Morgan fingerprint density at radius 3 is 2.55 bits per heavy atom. The summed E-state index contributed by atoms with van der Waals surface area (Å²) >= 11 is 0. The molecule has 2 amide bonds. The molecule has 20 heavy (non-hydrogen) atoms. The summed E-state index contributed by atoms with van der Waals surface area (Å²) in [6, 6.07) is 9.17. The minimum Gasteiger partial charge on any atom is -0.380 e. The molecule has 1 aromatic rings. The van der Waals surface area contributed by atoms with Crippen molar-refractivity contribution < 1.29 is 14.3 Å². The van der Waals surface area contributed by atoms with E-state index in [0.29, 0.717) is 13.1 Å². The zero-order chi connectivity index (χ0) is 14.8. The molecule has 0 spiro atoms. The fourth-order valence-electron chi connectivity index (χ4n) is 1.60. The Bertz CT molecular complexity index is 419. The van der Waals surface area contributed by atoms with E-state index in [4.69, 9.17) is 10.5 Å². The number of carbonyl (C=O) groups is 2. The van der Waals surface area contributed by atoms with Crippen molar-refractivity contribution in [1.29, 1.82) is 0 Å². The molecule has 0 aliphatic heterocycles. The Labute approximate surface area is 118 Å². The Kier molecular flexibility index (Phi) is 7.31. The van der Waals surface area contributed by atoms with Gasteiger partial charge in [0.15, 0.2) is 0 Å². The van der Waals surface area contributed by atoms with Crippen LogP contribution in [0.4, 0.5) is 5.69 Å². The maximum absolute atomic E-state index is 11.6. The van der Waals surface area contributed by atoms with Crippen LogP contribution in [-0.4, -0.2) is 38.1 Å². The summed E-state index contributed by atoms with van der Waals surface area (Å²) in [6.07, 6.45) is 0.141. The van der Waals surface area contributed by atoms with Crippen molar-refractivity contribution in [3.8, 4) is 0 Å². The van der Waals surface area contributed by atoms with Gasteiger partial charge in [0.25, 0.3) is 0 Å². The van der Waals surface area contributed by atoms with Crippen LogP contribution in [0.5, 0.6) is 0 Å². The average Bonchev–Trinajstić information content (AvgIpc) is 2.45. The molecule has 0 saturated heterocycles. The lowest BCUT2D eigenvalue weighted by Crippen LogP contribution is -2.33. The van der Waals surface area contributed by atoms with Crippen LogP contribution in [0.2, 0.25) is 0 Å². The van der Waals surface area contributed by atoms with E-state index in [1.807, 2.05) is 18.2 Å². The molecule has 4 N–H and O–H groups in total. The zero-order valence-electron chi connectivity index (χ0n) is 11.6. The van der Waals surface area contributed by atoms with Gasteiger partial charge in [0.2, 0.25) is 11.8 Å². The molecule has 0 radical (unpaired) electrons. The minimum atomic E-state index is -0.284. The van der Waals surface area contributed by atoms with Crippen molar-refractivity contribution in [3.05, 3.63) is 30.3 Å². The van der Waals surface area contributed by atoms with Gasteiger partial charge in [0, 0.05) is 32.3 Å². The third-order valence-corrected chi connectivity index (χ3v) is 2.74. The molecule has 0 fully saturated rings. The van der Waals surface area contributed by atoms with E-state index in [0.717, 1.165) is 5.69 Å². The van der Waals surface area contributed by atoms with Crippen LogP contribution >= 0.6 is 0 Å². The summed E-state index contributed by atoms with van der Waals surface area (Å²) < 4.78 is 5.01. The van der Waals surface area contributed by atoms with Crippen LogP contribution in [0, 0.1) is 0 Å². The van der Waals surface area contributed by atoms with E-state index in [-0.39, 0.29) is 30.8 Å². The van der Waals surface area contributed by atoms with Crippen molar-refractivity contribution in [1.82, 2.24) is 5.32 Å². The summed E-state index contributed by atoms with van der Waals surface area (Å²) in [5.41, 5.74) is 6.17. The van der Waals surface area contributed by atoms with E-state index < -0.39 is 0 Å². The van der Waals surface area contributed by atoms with Crippen LogP contribution in [0.1, 0.15) is 12.8 Å². The number of benzene rings is 1. The molecule has 110 valence electrons. The molecule has 0 aliphatic carbocycles. The molecular weight excluding hydrogens is 258 g/mol. The van der Waals surface area contributed by atoms with Crippen LogP contribution < -0.4 is 16.4 Å². The number of carbonyl (C=O) groups excluding carboxylic acids is 2. The monoisotopic (exact) mass is 279 g/mol. The van der Waals surface area contributed by atoms with Crippen molar-refractivity contribution in [2.45, 2.75) is 18.9 Å². The van der Waals surface area contributed by atoms with Gasteiger partial charge in [0.1, 0.15) is 0 Å². The second kappa shape index (κ2) is 9.06. The number of ether oxygens (including phenoxy) is 1. The standard InChI is InChI=1S/C14H21N3O3/c1-20-12(10-15)9-14(19)16-8-7-13(18)17-11-5-3-2-4-6-11/h2-6,12H,7-10,15H2,1H3,(H,16,19)(H,17,18). The highest BCUT2D eigenvalue weighted by Crippen LogP contribution is 2.05. The molecule has 6 nitrogen and oxygen atoms in total. The van der Waals surface area contributed by atoms with E-state index in [9.17, 15) is 9.59 Å². The Hall–Kier alpha value is -1.92. The predicted molar refractivity (Wildman–Crippen MR) is 77.2 cm³/mol. The minimum absolute atomic E-state index is 0.140. The zero-order valence-corrected chi connectivity index (χ0v) is 11.6. The van der Waals surface area contributed by atoms with E-state index in [1.54, 1.807) is 12.1 Å². The normalized spacial score (nSPS) is 11.7. The topological polar surface area (TPSA) is 93.4 Å². The summed E-state index contributed by atoms with van der Waals surface area (Å²) in [5.74, 6) is -0.312. The maximum atomic E-state index is 11.6. The van der Waals surface area contributed by atoms with E-state index >= 15 is 0 Å². The lowest BCUT2D eigenvalue weighted by atomic mass is 10.2. The Morgan fingerprint density at radius 1 is 1.25 bits per heavy atom. The van der Waals surface area contributed by atoms with E-state index in [2.05, 4.69) is 10.6 Å². The van der Waals surface area contributed by atoms with Crippen molar-refractivity contribution in [2.75, 3.05) is 25.5 Å². The second-order valence-electron chi connectivity index (χ2n) is 4.31. The summed E-state index contributed by atoms with van der Waals surface area (Å²) in [7, 11) is 1.51. The number of hydrogen-bond acceptors (Lipinski definition) is 4. The van der Waals surface area contributed by atoms with Crippen LogP contribution in [0.3, 0.4) is 0 Å². The molecule has 0 aromatic heterocycles. The highest BCUT2D eigenvalue weighted by molar-refractivity contribution is 5.91. The van der Waals surface area contributed by atoms with Gasteiger partial charge in [-0.05, 0) is 12.1 Å².